The van der Waals surface area contributed by atoms with Crippen molar-refractivity contribution in [1.82, 2.24) is 4.90 Å². The summed E-state index contributed by atoms with van der Waals surface area (Å²) in [5.74, 6) is -0.280. The number of amides is 1. The van der Waals surface area contributed by atoms with Crippen molar-refractivity contribution in [3.63, 3.8) is 0 Å². The fraction of sp³-hybridized carbons (Fsp3) is 0.400. The highest BCUT2D eigenvalue weighted by Gasteiger charge is 2.10. The lowest BCUT2D eigenvalue weighted by molar-refractivity contribution is -0.141. The van der Waals surface area contributed by atoms with Gasteiger partial charge >= 0.3 is 5.97 Å². The van der Waals surface area contributed by atoms with Gasteiger partial charge in [-0.25, -0.2) is 0 Å². The number of likely N-dealkylation sites (N-methyl/N-ethyl adjacent to an activating group) is 1. The van der Waals surface area contributed by atoms with Gasteiger partial charge in [-0.15, -0.1) is 0 Å². The van der Waals surface area contributed by atoms with E-state index in [2.05, 4.69) is 4.74 Å². The molecule has 0 aliphatic heterocycles. The van der Waals surface area contributed by atoms with E-state index in [0.717, 1.165) is 5.56 Å². The van der Waals surface area contributed by atoms with E-state index in [-0.39, 0.29) is 11.9 Å². The van der Waals surface area contributed by atoms with Gasteiger partial charge in [0, 0.05) is 20.0 Å². The van der Waals surface area contributed by atoms with Gasteiger partial charge < -0.3 is 9.64 Å². The second-order valence-corrected chi connectivity index (χ2v) is 4.48. The van der Waals surface area contributed by atoms with E-state index in [9.17, 15) is 9.59 Å². The lowest BCUT2D eigenvalue weighted by atomic mass is 10.1. The van der Waals surface area contributed by atoms with Crippen LogP contribution in [-0.4, -0.2) is 37.5 Å². The summed E-state index contributed by atoms with van der Waals surface area (Å²) in [5.41, 5.74) is 1.45. The zero-order chi connectivity index (χ0) is 15.0. The number of carbonyl (C=O) groups excluding carboxylic acids is 2. The summed E-state index contributed by atoms with van der Waals surface area (Å²) in [6.07, 6.45) is 1.19. The highest BCUT2D eigenvalue weighted by molar-refractivity contribution is 5.78. The number of nitriles is 1. The SMILES string of the molecule is COC(=O)CCCN(C)C(=O)Cc1ccc(C#N)cc1. The largest absolute Gasteiger partial charge is 0.469 e. The fourth-order valence-corrected chi connectivity index (χ4v) is 1.69. The Balaban J connectivity index is 2.41. The molecule has 0 bridgehead atoms. The van der Waals surface area contributed by atoms with Crippen molar-refractivity contribution in [2.75, 3.05) is 20.7 Å². The molecule has 0 saturated carbocycles. The molecule has 1 rings (SSSR count). The first kappa shape index (κ1) is 15.7. The highest BCUT2D eigenvalue weighted by Crippen LogP contribution is 2.06. The number of benzene rings is 1. The van der Waals surface area contributed by atoms with Gasteiger partial charge in [0.05, 0.1) is 25.2 Å². The molecule has 1 aromatic rings. The van der Waals surface area contributed by atoms with Gasteiger partial charge in [0.25, 0.3) is 0 Å². The van der Waals surface area contributed by atoms with Crippen molar-refractivity contribution in [2.45, 2.75) is 19.3 Å². The molecule has 0 saturated heterocycles. The normalized spacial score (nSPS) is 9.65. The van der Waals surface area contributed by atoms with Crippen LogP contribution in [0.1, 0.15) is 24.0 Å². The van der Waals surface area contributed by atoms with Crippen molar-refractivity contribution in [2.24, 2.45) is 0 Å². The zero-order valence-electron chi connectivity index (χ0n) is 11.8. The van der Waals surface area contributed by atoms with Gasteiger partial charge in [0.2, 0.25) is 5.91 Å². The Kier molecular flexibility index (Phi) is 6.24. The predicted octanol–water partition coefficient (Wildman–Crippen LogP) is 1.51. The van der Waals surface area contributed by atoms with Crippen molar-refractivity contribution >= 4 is 11.9 Å². The van der Waals surface area contributed by atoms with E-state index in [1.165, 1.54) is 7.11 Å². The maximum atomic E-state index is 12.0. The number of esters is 1. The Morgan fingerprint density at radius 2 is 1.95 bits per heavy atom. The Labute approximate surface area is 118 Å². The molecule has 20 heavy (non-hydrogen) atoms. The third-order valence-electron chi connectivity index (χ3n) is 2.97. The minimum absolute atomic E-state index is 0.0143. The lowest BCUT2D eigenvalue weighted by Gasteiger charge is -2.16. The molecule has 0 atom stereocenters. The number of nitrogens with zero attached hydrogens (tertiary/aromatic N) is 2. The summed E-state index contributed by atoms with van der Waals surface area (Å²) >= 11 is 0. The van der Waals surface area contributed by atoms with E-state index in [1.54, 1.807) is 36.2 Å². The average Bonchev–Trinajstić information content (AvgIpc) is 2.47. The quantitative estimate of drug-likeness (QED) is 0.737. The van der Waals surface area contributed by atoms with Crippen LogP contribution in [0.5, 0.6) is 0 Å². The number of carbonyl (C=O) groups is 2. The van der Waals surface area contributed by atoms with Crippen molar-refractivity contribution in [3.05, 3.63) is 35.4 Å². The van der Waals surface area contributed by atoms with Crippen LogP contribution in [-0.2, 0) is 20.7 Å². The maximum absolute atomic E-state index is 12.0. The van der Waals surface area contributed by atoms with E-state index in [1.807, 2.05) is 6.07 Å². The third kappa shape index (κ3) is 5.11. The van der Waals surface area contributed by atoms with Crippen LogP contribution in [0, 0.1) is 11.3 Å². The summed E-state index contributed by atoms with van der Waals surface area (Å²) in [4.78, 5) is 24.5. The van der Waals surface area contributed by atoms with Crippen LogP contribution in [0.3, 0.4) is 0 Å². The van der Waals surface area contributed by atoms with Crippen LogP contribution in [0.4, 0.5) is 0 Å². The minimum atomic E-state index is -0.266. The Morgan fingerprint density at radius 3 is 2.50 bits per heavy atom. The Morgan fingerprint density at radius 1 is 1.30 bits per heavy atom. The number of rotatable bonds is 6. The molecule has 0 spiro atoms. The van der Waals surface area contributed by atoms with Crippen LogP contribution in [0.15, 0.2) is 24.3 Å². The summed E-state index contributed by atoms with van der Waals surface area (Å²) in [5, 5.41) is 8.70. The highest BCUT2D eigenvalue weighted by atomic mass is 16.5. The molecule has 1 amide bonds. The second-order valence-electron chi connectivity index (χ2n) is 4.48. The molecule has 0 aromatic heterocycles. The summed E-state index contributed by atoms with van der Waals surface area (Å²) in [6.45, 7) is 0.518. The van der Waals surface area contributed by atoms with Crippen LogP contribution < -0.4 is 0 Å². The third-order valence-corrected chi connectivity index (χ3v) is 2.97. The summed E-state index contributed by atoms with van der Waals surface area (Å²) < 4.78 is 4.54. The number of hydrogen-bond donors (Lipinski definition) is 0. The van der Waals surface area contributed by atoms with Crippen molar-refractivity contribution in [3.8, 4) is 6.07 Å². The first-order valence-corrected chi connectivity index (χ1v) is 6.36. The van der Waals surface area contributed by atoms with Crippen LogP contribution >= 0.6 is 0 Å². The number of ether oxygens (including phenoxy) is 1. The molecule has 0 aliphatic carbocycles. The zero-order valence-corrected chi connectivity index (χ0v) is 11.8. The summed E-state index contributed by atoms with van der Waals surface area (Å²) in [6, 6.07) is 8.98. The molecule has 106 valence electrons. The van der Waals surface area contributed by atoms with E-state index in [0.29, 0.717) is 31.4 Å². The van der Waals surface area contributed by atoms with Gasteiger partial charge in [0.15, 0.2) is 0 Å². The lowest BCUT2D eigenvalue weighted by Crippen LogP contribution is -2.29. The molecule has 0 fully saturated rings. The van der Waals surface area contributed by atoms with Crippen molar-refractivity contribution in [1.29, 1.82) is 5.26 Å². The van der Waals surface area contributed by atoms with Crippen LogP contribution in [0.2, 0.25) is 0 Å². The molecule has 0 heterocycles. The first-order valence-electron chi connectivity index (χ1n) is 6.36. The average molecular weight is 274 g/mol. The van der Waals surface area contributed by atoms with E-state index >= 15 is 0 Å². The monoisotopic (exact) mass is 274 g/mol. The predicted molar refractivity (Wildman–Crippen MR) is 73.7 cm³/mol. The molecular formula is C15H18N2O3. The maximum Gasteiger partial charge on any atom is 0.305 e. The molecule has 5 heteroatoms. The van der Waals surface area contributed by atoms with E-state index < -0.39 is 0 Å². The summed E-state index contributed by atoms with van der Waals surface area (Å²) in [7, 11) is 3.06. The standard InChI is InChI=1S/C15H18N2O3/c1-17(9-3-4-15(19)20-2)14(18)10-12-5-7-13(11-16)8-6-12/h5-8H,3-4,9-10H2,1-2H3. The van der Waals surface area contributed by atoms with Gasteiger partial charge in [-0.3, -0.25) is 9.59 Å². The minimum Gasteiger partial charge on any atom is -0.469 e. The van der Waals surface area contributed by atoms with Gasteiger partial charge in [-0.05, 0) is 24.1 Å². The van der Waals surface area contributed by atoms with Gasteiger partial charge in [0.1, 0.15) is 0 Å². The first-order chi connectivity index (χ1) is 9.56. The number of hydrogen-bond acceptors (Lipinski definition) is 4. The molecule has 0 radical (unpaired) electrons. The Hall–Kier alpha value is -2.35. The van der Waals surface area contributed by atoms with Gasteiger partial charge in [-0.2, -0.15) is 5.26 Å². The van der Waals surface area contributed by atoms with Gasteiger partial charge in [-0.1, -0.05) is 12.1 Å². The Bertz CT molecular complexity index is 503. The molecule has 0 unspecified atom stereocenters. The molecule has 0 N–H and O–H groups in total. The molecule has 0 aliphatic rings. The van der Waals surface area contributed by atoms with Crippen LogP contribution in [0.25, 0.3) is 0 Å². The van der Waals surface area contributed by atoms with E-state index in [4.69, 9.17) is 5.26 Å². The molecule has 5 nitrogen and oxygen atoms in total. The number of methoxy groups -OCH3 is 1. The molecular weight excluding hydrogens is 256 g/mol. The van der Waals surface area contributed by atoms with Crippen molar-refractivity contribution < 1.29 is 14.3 Å². The second kappa shape index (κ2) is 7.95. The fourth-order valence-electron chi connectivity index (χ4n) is 1.69. The smallest absolute Gasteiger partial charge is 0.305 e. The molecule has 1 aromatic carbocycles. The topological polar surface area (TPSA) is 70.4 Å².